The van der Waals surface area contributed by atoms with Crippen molar-refractivity contribution >= 4 is 15.9 Å². The van der Waals surface area contributed by atoms with Gasteiger partial charge in [0.1, 0.15) is 6.61 Å². The number of halogens is 1. The van der Waals surface area contributed by atoms with Crippen LogP contribution < -0.4 is 14.8 Å². The number of rotatable bonds is 11. The third kappa shape index (κ3) is 6.29. The SMILES string of the molecule is COc1cc(CNCCOCCO)c(Br)cc1OCc1ccccc1C. The molecule has 0 radical (unpaired) electrons. The molecule has 2 aromatic carbocycles. The summed E-state index contributed by atoms with van der Waals surface area (Å²) in [5, 5.41) is 12.0. The van der Waals surface area contributed by atoms with Crippen LogP contribution in [0.25, 0.3) is 0 Å². The molecule has 0 heterocycles. The zero-order chi connectivity index (χ0) is 18.8. The van der Waals surface area contributed by atoms with Gasteiger partial charge >= 0.3 is 0 Å². The van der Waals surface area contributed by atoms with Gasteiger partial charge in [0.05, 0.1) is 26.9 Å². The van der Waals surface area contributed by atoms with Gasteiger partial charge < -0.3 is 24.6 Å². The average Bonchev–Trinajstić information content (AvgIpc) is 2.65. The van der Waals surface area contributed by atoms with Gasteiger partial charge in [-0.2, -0.15) is 0 Å². The molecule has 0 saturated heterocycles. The molecule has 2 rings (SSSR count). The lowest BCUT2D eigenvalue weighted by Crippen LogP contribution is -2.20. The fourth-order valence-electron chi connectivity index (χ4n) is 2.45. The predicted molar refractivity (Wildman–Crippen MR) is 106 cm³/mol. The number of methoxy groups -OCH3 is 1. The first-order valence-corrected chi connectivity index (χ1v) is 9.38. The molecule has 2 N–H and O–H groups in total. The van der Waals surface area contributed by atoms with E-state index in [1.54, 1.807) is 7.11 Å². The van der Waals surface area contributed by atoms with Crippen LogP contribution in [-0.2, 0) is 17.9 Å². The lowest BCUT2D eigenvalue weighted by molar-refractivity contribution is 0.0938. The Morgan fingerprint density at radius 3 is 2.62 bits per heavy atom. The Morgan fingerprint density at radius 1 is 1.08 bits per heavy atom. The summed E-state index contributed by atoms with van der Waals surface area (Å²) >= 11 is 3.61. The molecule has 0 spiro atoms. The van der Waals surface area contributed by atoms with Gasteiger partial charge in [-0.15, -0.1) is 0 Å². The maximum Gasteiger partial charge on any atom is 0.162 e. The first-order valence-electron chi connectivity index (χ1n) is 8.58. The summed E-state index contributed by atoms with van der Waals surface area (Å²) < 4.78 is 17.7. The molecule has 0 aliphatic rings. The summed E-state index contributed by atoms with van der Waals surface area (Å²) in [4.78, 5) is 0. The minimum atomic E-state index is 0.0483. The van der Waals surface area contributed by atoms with Crippen molar-refractivity contribution in [3.63, 3.8) is 0 Å². The summed E-state index contributed by atoms with van der Waals surface area (Å²) in [6.45, 7) is 4.93. The summed E-state index contributed by atoms with van der Waals surface area (Å²) in [7, 11) is 1.64. The van der Waals surface area contributed by atoms with Crippen molar-refractivity contribution in [3.05, 3.63) is 57.6 Å². The highest BCUT2D eigenvalue weighted by Gasteiger charge is 2.11. The first kappa shape index (κ1) is 20.7. The van der Waals surface area contributed by atoms with E-state index >= 15 is 0 Å². The molecule has 0 aliphatic carbocycles. The Labute approximate surface area is 163 Å². The van der Waals surface area contributed by atoms with Crippen molar-refractivity contribution in [2.45, 2.75) is 20.1 Å². The highest BCUT2D eigenvalue weighted by atomic mass is 79.9. The molecule has 0 bridgehead atoms. The van der Waals surface area contributed by atoms with Crippen LogP contribution in [0, 0.1) is 6.92 Å². The molecule has 0 amide bonds. The Balaban J connectivity index is 1.96. The molecule has 0 aliphatic heterocycles. The fraction of sp³-hybridized carbons (Fsp3) is 0.400. The number of benzene rings is 2. The molecular weight excluding hydrogens is 398 g/mol. The number of aryl methyl sites for hydroxylation is 1. The van der Waals surface area contributed by atoms with Gasteiger partial charge in [-0.25, -0.2) is 0 Å². The minimum Gasteiger partial charge on any atom is -0.493 e. The van der Waals surface area contributed by atoms with Crippen LogP contribution >= 0.6 is 15.9 Å². The molecule has 0 atom stereocenters. The summed E-state index contributed by atoms with van der Waals surface area (Å²) in [5.74, 6) is 1.41. The number of nitrogens with one attached hydrogen (secondary N) is 1. The van der Waals surface area contributed by atoms with E-state index in [0.29, 0.717) is 44.4 Å². The van der Waals surface area contributed by atoms with E-state index in [9.17, 15) is 0 Å². The van der Waals surface area contributed by atoms with Crippen LogP contribution in [-0.4, -0.2) is 38.6 Å². The van der Waals surface area contributed by atoms with Gasteiger partial charge in [0.2, 0.25) is 0 Å². The van der Waals surface area contributed by atoms with E-state index in [1.165, 1.54) is 5.56 Å². The van der Waals surface area contributed by atoms with Crippen LogP contribution in [0.1, 0.15) is 16.7 Å². The number of ether oxygens (including phenoxy) is 3. The van der Waals surface area contributed by atoms with E-state index in [-0.39, 0.29) is 6.61 Å². The number of aliphatic hydroxyl groups is 1. The number of aliphatic hydroxyl groups excluding tert-OH is 1. The van der Waals surface area contributed by atoms with E-state index in [1.807, 2.05) is 24.3 Å². The highest BCUT2D eigenvalue weighted by molar-refractivity contribution is 9.10. The average molecular weight is 424 g/mol. The quantitative estimate of drug-likeness (QED) is 0.542. The molecule has 0 unspecified atom stereocenters. The predicted octanol–water partition coefficient (Wildman–Crippen LogP) is 3.44. The Hall–Kier alpha value is -1.60. The fourth-order valence-corrected chi connectivity index (χ4v) is 2.91. The van der Waals surface area contributed by atoms with Crippen LogP contribution in [0.2, 0.25) is 0 Å². The Kier molecular flexibility index (Phi) is 8.91. The minimum absolute atomic E-state index is 0.0483. The molecule has 6 heteroatoms. The summed E-state index contributed by atoms with van der Waals surface area (Å²) in [6, 6.07) is 12.1. The van der Waals surface area contributed by atoms with Crippen molar-refractivity contribution in [2.24, 2.45) is 0 Å². The zero-order valence-corrected chi connectivity index (χ0v) is 16.8. The van der Waals surface area contributed by atoms with Gasteiger partial charge in [0, 0.05) is 17.6 Å². The standard InChI is InChI=1S/C20H26BrNO4/c1-15-5-3-4-6-16(15)14-26-20-12-18(21)17(11-19(20)24-2)13-22-7-9-25-10-8-23/h3-6,11-12,22-23H,7-10,13-14H2,1-2H3. The summed E-state index contributed by atoms with van der Waals surface area (Å²) in [6.07, 6.45) is 0. The van der Waals surface area contributed by atoms with Crippen molar-refractivity contribution < 1.29 is 19.3 Å². The zero-order valence-electron chi connectivity index (χ0n) is 15.3. The van der Waals surface area contributed by atoms with Crippen molar-refractivity contribution in [1.82, 2.24) is 5.32 Å². The van der Waals surface area contributed by atoms with Crippen molar-refractivity contribution in [2.75, 3.05) is 33.5 Å². The van der Waals surface area contributed by atoms with Crippen LogP contribution in [0.5, 0.6) is 11.5 Å². The van der Waals surface area contributed by atoms with Gasteiger partial charge in [-0.1, -0.05) is 40.2 Å². The second-order valence-corrected chi connectivity index (χ2v) is 6.68. The molecule has 142 valence electrons. The third-order valence-corrected chi connectivity index (χ3v) is 4.69. The van der Waals surface area contributed by atoms with E-state index in [2.05, 4.69) is 40.3 Å². The van der Waals surface area contributed by atoms with Crippen molar-refractivity contribution in [1.29, 1.82) is 0 Å². The van der Waals surface area contributed by atoms with E-state index < -0.39 is 0 Å². The van der Waals surface area contributed by atoms with Gasteiger partial charge in [-0.05, 0) is 35.7 Å². The number of hydrogen-bond acceptors (Lipinski definition) is 5. The lowest BCUT2D eigenvalue weighted by atomic mass is 10.1. The Morgan fingerprint density at radius 2 is 1.88 bits per heavy atom. The Bertz CT molecular complexity index is 694. The van der Waals surface area contributed by atoms with Crippen LogP contribution in [0.4, 0.5) is 0 Å². The second-order valence-electron chi connectivity index (χ2n) is 5.82. The first-order chi connectivity index (χ1) is 12.7. The van der Waals surface area contributed by atoms with Gasteiger partial charge in [0.15, 0.2) is 11.5 Å². The topological polar surface area (TPSA) is 60.0 Å². The molecular formula is C20H26BrNO4. The molecule has 26 heavy (non-hydrogen) atoms. The highest BCUT2D eigenvalue weighted by Crippen LogP contribution is 2.34. The maximum absolute atomic E-state index is 8.68. The smallest absolute Gasteiger partial charge is 0.162 e. The third-order valence-electron chi connectivity index (χ3n) is 3.95. The van der Waals surface area contributed by atoms with Gasteiger partial charge in [-0.3, -0.25) is 0 Å². The van der Waals surface area contributed by atoms with Crippen LogP contribution in [0.15, 0.2) is 40.9 Å². The second kappa shape index (κ2) is 11.2. The van der Waals surface area contributed by atoms with E-state index in [4.69, 9.17) is 19.3 Å². The van der Waals surface area contributed by atoms with Gasteiger partial charge in [0.25, 0.3) is 0 Å². The van der Waals surface area contributed by atoms with Crippen LogP contribution in [0.3, 0.4) is 0 Å². The monoisotopic (exact) mass is 423 g/mol. The maximum atomic E-state index is 8.68. The largest absolute Gasteiger partial charge is 0.493 e. The molecule has 0 saturated carbocycles. The lowest BCUT2D eigenvalue weighted by Gasteiger charge is -2.15. The normalized spacial score (nSPS) is 10.8. The molecule has 5 nitrogen and oxygen atoms in total. The number of hydrogen-bond donors (Lipinski definition) is 2. The molecule has 2 aromatic rings. The molecule has 0 fully saturated rings. The summed E-state index contributed by atoms with van der Waals surface area (Å²) in [5.41, 5.74) is 3.43. The van der Waals surface area contributed by atoms with E-state index in [0.717, 1.165) is 15.6 Å². The van der Waals surface area contributed by atoms with Crippen molar-refractivity contribution in [3.8, 4) is 11.5 Å². The molecule has 0 aromatic heterocycles.